The van der Waals surface area contributed by atoms with E-state index in [4.69, 9.17) is 14.7 Å². The fraction of sp³-hybridized carbons (Fsp3) is 0.500. The number of thiophene rings is 1. The number of piperazine rings is 1. The van der Waals surface area contributed by atoms with E-state index in [1.54, 1.807) is 25.4 Å². The fourth-order valence-corrected chi connectivity index (χ4v) is 5.83. The van der Waals surface area contributed by atoms with Crippen LogP contribution >= 0.6 is 11.3 Å². The molecule has 192 valence electrons. The van der Waals surface area contributed by atoms with Gasteiger partial charge in [-0.2, -0.15) is 4.98 Å². The predicted molar refractivity (Wildman–Crippen MR) is 147 cm³/mol. The standard InChI is InChI=1S/C26H35N7O2S/c1-17(34)27-18-4-6-19(7-5-18)28-25-24-22(10-15-36-24)30-26(31-25)29-21-9-8-20(16-23(21)35-3)33-13-11-32(2)12-14-33/h8-10,15-16,18-19H,4-7,11-14H2,1-3H3,(H,27,34)(H2,28,29,30,31). The summed E-state index contributed by atoms with van der Waals surface area (Å²) >= 11 is 1.65. The number of fused-ring (bicyclic) bond motifs is 1. The lowest BCUT2D eigenvalue weighted by molar-refractivity contribution is -0.119. The summed E-state index contributed by atoms with van der Waals surface area (Å²) < 4.78 is 6.79. The van der Waals surface area contributed by atoms with Crippen LogP contribution in [0.3, 0.4) is 0 Å². The van der Waals surface area contributed by atoms with Crippen LogP contribution in [0.25, 0.3) is 10.2 Å². The molecule has 1 saturated carbocycles. The van der Waals surface area contributed by atoms with Gasteiger partial charge in [-0.15, -0.1) is 11.3 Å². The molecule has 3 heterocycles. The molecule has 2 aromatic heterocycles. The summed E-state index contributed by atoms with van der Waals surface area (Å²) in [6, 6.07) is 8.88. The first-order valence-electron chi connectivity index (χ1n) is 12.7. The zero-order valence-corrected chi connectivity index (χ0v) is 22.0. The predicted octanol–water partition coefficient (Wildman–Crippen LogP) is 4.05. The maximum absolute atomic E-state index is 11.4. The largest absolute Gasteiger partial charge is 0.494 e. The number of hydrogen-bond donors (Lipinski definition) is 3. The Labute approximate surface area is 216 Å². The van der Waals surface area contributed by atoms with Crippen molar-refractivity contribution in [1.82, 2.24) is 20.2 Å². The fourth-order valence-electron chi connectivity index (χ4n) is 5.05. The molecule has 10 heteroatoms. The van der Waals surface area contributed by atoms with Gasteiger partial charge >= 0.3 is 0 Å². The van der Waals surface area contributed by atoms with Crippen LogP contribution in [-0.2, 0) is 4.79 Å². The van der Waals surface area contributed by atoms with E-state index in [2.05, 4.69) is 44.9 Å². The Morgan fingerprint density at radius 1 is 1.06 bits per heavy atom. The molecule has 0 spiro atoms. The third-order valence-corrected chi connectivity index (χ3v) is 7.99. The molecular weight excluding hydrogens is 474 g/mol. The summed E-state index contributed by atoms with van der Waals surface area (Å²) in [5.41, 5.74) is 2.92. The van der Waals surface area contributed by atoms with Gasteiger partial charge in [0.15, 0.2) is 0 Å². The number of nitrogens with one attached hydrogen (secondary N) is 3. The van der Waals surface area contributed by atoms with Crippen LogP contribution < -0.4 is 25.6 Å². The maximum atomic E-state index is 11.4. The average Bonchev–Trinajstić information content (AvgIpc) is 3.35. The van der Waals surface area contributed by atoms with Crippen LogP contribution in [0, 0.1) is 0 Å². The lowest BCUT2D eigenvalue weighted by atomic mass is 9.91. The number of anilines is 4. The second-order valence-electron chi connectivity index (χ2n) is 9.72. The van der Waals surface area contributed by atoms with E-state index in [0.717, 1.165) is 85.0 Å². The number of aromatic nitrogens is 2. The summed E-state index contributed by atoms with van der Waals surface area (Å²) in [4.78, 5) is 25.7. The van der Waals surface area contributed by atoms with Crippen molar-refractivity contribution in [2.24, 2.45) is 0 Å². The number of carbonyl (C=O) groups is 1. The molecule has 2 fully saturated rings. The number of carbonyl (C=O) groups excluding carboxylic acids is 1. The molecular formula is C26H35N7O2S. The Balaban J connectivity index is 1.32. The van der Waals surface area contributed by atoms with Crippen LogP contribution in [0.15, 0.2) is 29.6 Å². The van der Waals surface area contributed by atoms with Gasteiger partial charge in [0, 0.05) is 56.9 Å². The second-order valence-corrected chi connectivity index (χ2v) is 10.6. The highest BCUT2D eigenvalue weighted by atomic mass is 32.1. The van der Waals surface area contributed by atoms with Gasteiger partial charge in [-0.3, -0.25) is 4.79 Å². The topological polar surface area (TPSA) is 94.6 Å². The van der Waals surface area contributed by atoms with Crippen molar-refractivity contribution in [2.45, 2.75) is 44.7 Å². The minimum atomic E-state index is 0.0465. The number of rotatable bonds is 7. The highest BCUT2D eigenvalue weighted by Gasteiger charge is 2.23. The molecule has 3 aromatic rings. The summed E-state index contributed by atoms with van der Waals surface area (Å²) in [7, 11) is 3.86. The van der Waals surface area contributed by atoms with E-state index < -0.39 is 0 Å². The zero-order valence-electron chi connectivity index (χ0n) is 21.2. The first-order valence-corrected chi connectivity index (χ1v) is 13.5. The summed E-state index contributed by atoms with van der Waals surface area (Å²) in [5.74, 6) is 2.21. The molecule has 0 bridgehead atoms. The Hall–Kier alpha value is -3.11. The number of likely N-dealkylation sites (N-methyl/N-ethyl adjacent to an activating group) is 1. The van der Waals surface area contributed by atoms with Gasteiger partial charge in [0.2, 0.25) is 11.9 Å². The first kappa shape index (κ1) is 24.6. The molecule has 1 saturated heterocycles. The van der Waals surface area contributed by atoms with E-state index in [9.17, 15) is 4.79 Å². The number of amides is 1. The van der Waals surface area contributed by atoms with Crippen LogP contribution in [0.5, 0.6) is 5.75 Å². The number of hydrogen-bond acceptors (Lipinski definition) is 9. The maximum Gasteiger partial charge on any atom is 0.229 e. The van der Waals surface area contributed by atoms with Crippen molar-refractivity contribution >= 4 is 50.6 Å². The molecule has 36 heavy (non-hydrogen) atoms. The van der Waals surface area contributed by atoms with Gasteiger partial charge in [-0.05, 0) is 56.3 Å². The van der Waals surface area contributed by atoms with Gasteiger partial charge in [0.1, 0.15) is 11.6 Å². The lowest BCUT2D eigenvalue weighted by Gasteiger charge is -2.34. The van der Waals surface area contributed by atoms with Gasteiger partial charge in [-0.1, -0.05) is 0 Å². The molecule has 1 amide bonds. The van der Waals surface area contributed by atoms with E-state index in [1.807, 2.05) is 17.5 Å². The SMILES string of the molecule is COc1cc(N2CCN(C)CC2)ccc1Nc1nc(NC2CCC(NC(C)=O)CC2)c2sccc2n1. The molecule has 0 radical (unpaired) electrons. The quantitative estimate of drug-likeness (QED) is 0.439. The highest BCUT2D eigenvalue weighted by molar-refractivity contribution is 7.17. The van der Waals surface area contributed by atoms with Crippen molar-refractivity contribution in [2.75, 3.05) is 55.9 Å². The van der Waals surface area contributed by atoms with Crippen LogP contribution in [0.2, 0.25) is 0 Å². The number of methoxy groups -OCH3 is 1. The first-order chi connectivity index (χ1) is 17.5. The Morgan fingerprint density at radius 2 is 1.81 bits per heavy atom. The monoisotopic (exact) mass is 509 g/mol. The van der Waals surface area contributed by atoms with Crippen LogP contribution in [-0.4, -0.2) is 73.2 Å². The summed E-state index contributed by atoms with van der Waals surface area (Å²) in [6.07, 6.45) is 3.92. The van der Waals surface area contributed by atoms with Gasteiger partial charge in [0.05, 0.1) is 23.0 Å². The smallest absolute Gasteiger partial charge is 0.229 e. The van der Waals surface area contributed by atoms with Crippen molar-refractivity contribution in [3.8, 4) is 5.75 Å². The van der Waals surface area contributed by atoms with Crippen molar-refractivity contribution in [3.05, 3.63) is 29.6 Å². The number of ether oxygens (including phenoxy) is 1. The molecule has 1 aliphatic carbocycles. The molecule has 1 aromatic carbocycles. The summed E-state index contributed by atoms with van der Waals surface area (Å²) in [6.45, 7) is 5.71. The van der Waals surface area contributed by atoms with E-state index in [0.29, 0.717) is 12.0 Å². The van der Waals surface area contributed by atoms with Crippen LogP contribution in [0.1, 0.15) is 32.6 Å². The number of nitrogens with zero attached hydrogens (tertiary/aromatic N) is 4. The van der Waals surface area contributed by atoms with E-state index in [-0.39, 0.29) is 11.9 Å². The Morgan fingerprint density at radius 3 is 2.53 bits per heavy atom. The molecule has 2 aliphatic rings. The van der Waals surface area contributed by atoms with Gasteiger partial charge in [0.25, 0.3) is 0 Å². The second kappa shape index (κ2) is 10.9. The highest BCUT2D eigenvalue weighted by Crippen LogP contribution is 2.34. The third kappa shape index (κ3) is 5.65. The van der Waals surface area contributed by atoms with Gasteiger partial charge in [-0.25, -0.2) is 4.98 Å². The van der Waals surface area contributed by atoms with Crippen molar-refractivity contribution in [3.63, 3.8) is 0 Å². The number of benzene rings is 1. The summed E-state index contributed by atoms with van der Waals surface area (Å²) in [5, 5.41) is 12.1. The Kier molecular flexibility index (Phi) is 7.43. The Bertz CT molecular complexity index is 1200. The third-order valence-electron chi connectivity index (χ3n) is 7.08. The molecule has 9 nitrogen and oxygen atoms in total. The average molecular weight is 510 g/mol. The van der Waals surface area contributed by atoms with E-state index >= 15 is 0 Å². The molecule has 0 unspecified atom stereocenters. The van der Waals surface area contributed by atoms with Crippen molar-refractivity contribution < 1.29 is 9.53 Å². The normalized spacial score (nSPS) is 20.8. The van der Waals surface area contributed by atoms with Gasteiger partial charge < -0.3 is 30.5 Å². The van der Waals surface area contributed by atoms with E-state index in [1.165, 1.54) is 0 Å². The minimum Gasteiger partial charge on any atom is -0.494 e. The zero-order chi connectivity index (χ0) is 25.1. The lowest BCUT2D eigenvalue weighted by Crippen LogP contribution is -2.44. The molecule has 0 atom stereocenters. The van der Waals surface area contributed by atoms with Crippen LogP contribution in [0.4, 0.5) is 23.1 Å². The molecule has 3 N–H and O–H groups in total. The molecule has 1 aliphatic heterocycles. The van der Waals surface area contributed by atoms with Crippen molar-refractivity contribution in [1.29, 1.82) is 0 Å². The minimum absolute atomic E-state index is 0.0465. The molecule has 5 rings (SSSR count).